The Bertz CT molecular complexity index is 732. The molecule has 0 saturated heterocycles. The molecule has 0 radical (unpaired) electrons. The zero-order chi connectivity index (χ0) is 13.4. The van der Waals surface area contributed by atoms with Gasteiger partial charge < -0.3 is 10.1 Å². The third kappa shape index (κ3) is 2.31. The monoisotopic (exact) mass is 315 g/mol. The van der Waals surface area contributed by atoms with Crippen LogP contribution in [-0.4, -0.2) is 10.1 Å². The topological polar surface area (TPSA) is 36.0 Å². The number of fused-ring (bicyclic) bond motifs is 1. The third-order valence-corrected chi connectivity index (χ3v) is 4.03. The second-order valence-corrected chi connectivity index (χ2v) is 5.61. The smallest absolute Gasteiger partial charge is 0.105 e. The third-order valence-electron chi connectivity index (χ3n) is 3.34. The lowest BCUT2D eigenvalue weighted by Gasteiger charge is -2.14. The predicted molar refractivity (Wildman–Crippen MR) is 81.2 cm³/mol. The van der Waals surface area contributed by atoms with E-state index in [9.17, 15) is 5.11 Å². The Morgan fingerprint density at radius 2 is 1.95 bits per heavy atom. The first kappa shape index (κ1) is 12.5. The van der Waals surface area contributed by atoms with Gasteiger partial charge in [0.15, 0.2) is 0 Å². The first-order chi connectivity index (χ1) is 9.15. The van der Waals surface area contributed by atoms with Gasteiger partial charge in [-0.05, 0) is 53.3 Å². The summed E-state index contributed by atoms with van der Waals surface area (Å²) in [5.41, 5.74) is 4.04. The van der Waals surface area contributed by atoms with Crippen molar-refractivity contribution in [3.63, 3.8) is 0 Å². The summed E-state index contributed by atoms with van der Waals surface area (Å²) in [7, 11) is 0. The maximum atomic E-state index is 10.5. The predicted octanol–water partition coefficient (Wildman–Crippen LogP) is 4.32. The molecule has 1 atom stereocenters. The number of hydrogen-bond donors (Lipinski definition) is 2. The lowest BCUT2D eigenvalue weighted by molar-refractivity contribution is 0.219. The Labute approximate surface area is 120 Å². The molecule has 0 aliphatic carbocycles. The molecule has 0 aliphatic rings. The van der Waals surface area contributed by atoms with Gasteiger partial charge in [-0.2, -0.15) is 0 Å². The number of H-pyrrole nitrogens is 1. The lowest BCUT2D eigenvalue weighted by atomic mass is 9.99. The standard InChI is InChI=1S/C16H14BrNO/c1-10-2-4-13(14(17)8-10)16(19)12-3-5-15-11(9-12)6-7-18-15/h2-9,16,18-19H,1H3. The van der Waals surface area contributed by atoms with E-state index in [1.54, 1.807) is 0 Å². The number of benzene rings is 2. The van der Waals surface area contributed by atoms with E-state index < -0.39 is 6.10 Å². The van der Waals surface area contributed by atoms with Crippen LogP contribution in [0.5, 0.6) is 0 Å². The summed E-state index contributed by atoms with van der Waals surface area (Å²) in [6.45, 7) is 2.03. The van der Waals surface area contributed by atoms with Crippen LogP contribution in [0.25, 0.3) is 10.9 Å². The first-order valence-electron chi connectivity index (χ1n) is 6.16. The maximum Gasteiger partial charge on any atom is 0.105 e. The van der Waals surface area contributed by atoms with Crippen molar-refractivity contribution in [3.8, 4) is 0 Å². The Hall–Kier alpha value is -1.58. The van der Waals surface area contributed by atoms with Crippen LogP contribution in [0.2, 0.25) is 0 Å². The van der Waals surface area contributed by atoms with Crippen molar-refractivity contribution in [2.45, 2.75) is 13.0 Å². The van der Waals surface area contributed by atoms with E-state index in [2.05, 4.69) is 20.9 Å². The normalized spacial score (nSPS) is 12.8. The number of aromatic nitrogens is 1. The van der Waals surface area contributed by atoms with Crippen LogP contribution >= 0.6 is 15.9 Å². The zero-order valence-electron chi connectivity index (χ0n) is 10.5. The van der Waals surface area contributed by atoms with Gasteiger partial charge in [0.05, 0.1) is 0 Å². The van der Waals surface area contributed by atoms with Crippen molar-refractivity contribution in [1.29, 1.82) is 0 Å². The second-order valence-electron chi connectivity index (χ2n) is 4.75. The molecule has 19 heavy (non-hydrogen) atoms. The fourth-order valence-electron chi connectivity index (χ4n) is 2.28. The Morgan fingerprint density at radius 3 is 2.74 bits per heavy atom. The molecule has 0 bridgehead atoms. The van der Waals surface area contributed by atoms with Crippen molar-refractivity contribution in [2.75, 3.05) is 0 Å². The highest BCUT2D eigenvalue weighted by atomic mass is 79.9. The molecule has 1 aromatic heterocycles. The maximum absolute atomic E-state index is 10.5. The number of hydrogen-bond acceptors (Lipinski definition) is 1. The highest BCUT2D eigenvalue weighted by Gasteiger charge is 2.14. The number of nitrogens with one attached hydrogen (secondary N) is 1. The van der Waals surface area contributed by atoms with Crippen molar-refractivity contribution < 1.29 is 5.11 Å². The molecule has 1 heterocycles. The van der Waals surface area contributed by atoms with Crippen LogP contribution in [0.15, 0.2) is 53.1 Å². The van der Waals surface area contributed by atoms with Gasteiger partial charge in [0.2, 0.25) is 0 Å². The fraction of sp³-hybridized carbons (Fsp3) is 0.125. The molecule has 0 fully saturated rings. The largest absolute Gasteiger partial charge is 0.384 e. The quantitative estimate of drug-likeness (QED) is 0.726. The summed E-state index contributed by atoms with van der Waals surface area (Å²) in [4.78, 5) is 3.15. The van der Waals surface area contributed by atoms with Gasteiger partial charge in [-0.25, -0.2) is 0 Å². The number of aryl methyl sites for hydroxylation is 1. The minimum Gasteiger partial charge on any atom is -0.384 e. The molecule has 1 unspecified atom stereocenters. The second kappa shape index (κ2) is 4.83. The first-order valence-corrected chi connectivity index (χ1v) is 6.95. The summed E-state index contributed by atoms with van der Waals surface area (Å²) in [5.74, 6) is 0. The fourth-order valence-corrected chi connectivity index (χ4v) is 2.99. The minimum atomic E-state index is -0.616. The summed E-state index contributed by atoms with van der Waals surface area (Å²) < 4.78 is 0.939. The van der Waals surface area contributed by atoms with Crippen LogP contribution in [-0.2, 0) is 0 Å². The van der Waals surface area contributed by atoms with Crippen molar-refractivity contribution in [1.82, 2.24) is 4.98 Å². The van der Waals surface area contributed by atoms with E-state index in [-0.39, 0.29) is 0 Å². The van der Waals surface area contributed by atoms with E-state index >= 15 is 0 Å². The van der Waals surface area contributed by atoms with Gasteiger partial charge in [0.1, 0.15) is 6.10 Å². The Morgan fingerprint density at radius 1 is 1.11 bits per heavy atom. The molecule has 2 aromatic carbocycles. The van der Waals surface area contributed by atoms with Crippen LogP contribution < -0.4 is 0 Å². The summed E-state index contributed by atoms with van der Waals surface area (Å²) in [5, 5.41) is 11.6. The SMILES string of the molecule is Cc1ccc(C(O)c2ccc3[nH]ccc3c2)c(Br)c1. The molecule has 0 aliphatic heterocycles. The van der Waals surface area contributed by atoms with Gasteiger partial charge in [-0.1, -0.05) is 34.1 Å². The van der Waals surface area contributed by atoms with E-state index in [1.165, 1.54) is 5.56 Å². The zero-order valence-corrected chi connectivity index (χ0v) is 12.1. The summed E-state index contributed by atoms with van der Waals surface area (Å²) >= 11 is 3.52. The molecule has 0 saturated carbocycles. The molecule has 0 amide bonds. The molecule has 3 aromatic rings. The van der Waals surface area contributed by atoms with Crippen molar-refractivity contribution in [3.05, 3.63) is 69.8 Å². The molecular formula is C16H14BrNO. The van der Waals surface area contributed by atoms with Gasteiger partial charge in [-0.15, -0.1) is 0 Å². The average Bonchev–Trinajstić information content (AvgIpc) is 2.85. The Kier molecular flexibility index (Phi) is 3.17. The van der Waals surface area contributed by atoms with Crippen LogP contribution in [0.4, 0.5) is 0 Å². The van der Waals surface area contributed by atoms with Gasteiger partial charge >= 0.3 is 0 Å². The van der Waals surface area contributed by atoms with E-state index in [4.69, 9.17) is 0 Å². The molecule has 3 heteroatoms. The molecule has 3 rings (SSSR count). The highest BCUT2D eigenvalue weighted by molar-refractivity contribution is 9.10. The number of aliphatic hydroxyl groups is 1. The summed E-state index contributed by atoms with van der Waals surface area (Å²) in [6.07, 6.45) is 1.29. The molecule has 2 N–H and O–H groups in total. The molecule has 2 nitrogen and oxygen atoms in total. The number of halogens is 1. The molecule has 96 valence electrons. The summed E-state index contributed by atoms with van der Waals surface area (Å²) in [6, 6.07) is 14.0. The Balaban J connectivity index is 2.04. The van der Waals surface area contributed by atoms with Crippen LogP contribution in [0.1, 0.15) is 22.8 Å². The molecular weight excluding hydrogens is 302 g/mol. The number of aliphatic hydroxyl groups excluding tert-OH is 1. The average molecular weight is 316 g/mol. The van der Waals surface area contributed by atoms with Gasteiger partial charge in [0.25, 0.3) is 0 Å². The van der Waals surface area contributed by atoms with Gasteiger partial charge in [0, 0.05) is 16.2 Å². The molecule has 0 spiro atoms. The van der Waals surface area contributed by atoms with Crippen molar-refractivity contribution in [2.24, 2.45) is 0 Å². The van der Waals surface area contributed by atoms with E-state index in [0.717, 1.165) is 26.5 Å². The van der Waals surface area contributed by atoms with Crippen LogP contribution in [0.3, 0.4) is 0 Å². The van der Waals surface area contributed by atoms with Crippen LogP contribution in [0, 0.1) is 6.92 Å². The number of aromatic amines is 1. The van der Waals surface area contributed by atoms with Gasteiger partial charge in [-0.3, -0.25) is 0 Å². The number of rotatable bonds is 2. The highest BCUT2D eigenvalue weighted by Crippen LogP contribution is 2.30. The van der Waals surface area contributed by atoms with Crippen molar-refractivity contribution >= 4 is 26.8 Å². The minimum absolute atomic E-state index is 0.616. The lowest BCUT2D eigenvalue weighted by Crippen LogP contribution is -2.00. The van der Waals surface area contributed by atoms with E-state index in [0.29, 0.717) is 0 Å². The van der Waals surface area contributed by atoms with E-state index in [1.807, 2.05) is 55.6 Å².